The minimum atomic E-state index is -3.16. The van der Waals surface area contributed by atoms with Gasteiger partial charge in [0.2, 0.25) is 0 Å². The van der Waals surface area contributed by atoms with Gasteiger partial charge in [0.15, 0.2) is 9.84 Å². The van der Waals surface area contributed by atoms with Gasteiger partial charge in [-0.15, -0.1) is 0 Å². The lowest BCUT2D eigenvalue weighted by Gasteiger charge is -2.15. The van der Waals surface area contributed by atoms with Crippen molar-refractivity contribution in [3.05, 3.63) is 70.4 Å². The maximum absolute atomic E-state index is 12.8. The van der Waals surface area contributed by atoms with Crippen LogP contribution in [0, 0.1) is 0 Å². The van der Waals surface area contributed by atoms with Crippen LogP contribution in [0.2, 0.25) is 5.02 Å². The number of carbonyl (C=O) groups is 2. The molecule has 7 nitrogen and oxygen atoms in total. The SMILES string of the molecule is COc1ccc(C=C(NC(=O)c2ccccc2Cl)C(=O)NC2CCS(=O)(=O)C2)cc1. The molecular formula is C21H21ClN2O5S. The van der Waals surface area contributed by atoms with Crippen molar-refractivity contribution in [1.82, 2.24) is 10.6 Å². The first-order chi connectivity index (χ1) is 14.3. The van der Waals surface area contributed by atoms with Gasteiger partial charge in [0.05, 0.1) is 29.2 Å². The summed E-state index contributed by atoms with van der Waals surface area (Å²) in [5, 5.41) is 5.53. The van der Waals surface area contributed by atoms with E-state index in [1.165, 1.54) is 6.08 Å². The lowest BCUT2D eigenvalue weighted by atomic mass is 10.1. The van der Waals surface area contributed by atoms with Gasteiger partial charge in [0.1, 0.15) is 11.4 Å². The molecule has 1 fully saturated rings. The average Bonchev–Trinajstić information content (AvgIpc) is 3.06. The number of sulfone groups is 1. The van der Waals surface area contributed by atoms with Gasteiger partial charge in [-0.2, -0.15) is 0 Å². The number of benzene rings is 2. The first-order valence-corrected chi connectivity index (χ1v) is 11.4. The van der Waals surface area contributed by atoms with Crippen molar-refractivity contribution in [1.29, 1.82) is 0 Å². The van der Waals surface area contributed by atoms with Crippen molar-refractivity contribution in [3.63, 3.8) is 0 Å². The number of halogens is 1. The van der Waals surface area contributed by atoms with Crippen LogP contribution in [0.3, 0.4) is 0 Å². The summed E-state index contributed by atoms with van der Waals surface area (Å²) in [5.41, 5.74) is 0.852. The van der Waals surface area contributed by atoms with Crippen LogP contribution in [0.5, 0.6) is 5.75 Å². The topological polar surface area (TPSA) is 102 Å². The van der Waals surface area contributed by atoms with Crippen molar-refractivity contribution in [2.75, 3.05) is 18.6 Å². The molecule has 3 rings (SSSR count). The Morgan fingerprint density at radius 1 is 1.13 bits per heavy atom. The molecule has 1 aliphatic rings. The molecule has 0 aromatic heterocycles. The summed E-state index contributed by atoms with van der Waals surface area (Å²) in [6.07, 6.45) is 1.84. The molecule has 30 heavy (non-hydrogen) atoms. The zero-order valence-corrected chi connectivity index (χ0v) is 17.8. The third-order valence-electron chi connectivity index (χ3n) is 4.61. The molecule has 2 aromatic carbocycles. The first kappa shape index (κ1) is 21.9. The predicted octanol–water partition coefficient (Wildman–Crippen LogP) is 2.42. The van der Waals surface area contributed by atoms with Gasteiger partial charge in [0, 0.05) is 6.04 Å². The Bertz CT molecular complexity index is 1080. The highest BCUT2D eigenvalue weighted by atomic mass is 35.5. The molecule has 0 saturated carbocycles. The minimum absolute atomic E-state index is 0.0191. The highest BCUT2D eigenvalue weighted by Crippen LogP contribution is 2.18. The molecule has 0 spiro atoms. The molecule has 9 heteroatoms. The molecule has 1 unspecified atom stereocenters. The molecule has 1 heterocycles. The molecule has 1 atom stereocenters. The number of amides is 2. The van der Waals surface area contributed by atoms with E-state index in [-0.39, 0.29) is 27.8 Å². The number of carbonyl (C=O) groups excluding carboxylic acids is 2. The summed E-state index contributed by atoms with van der Waals surface area (Å²) in [5.74, 6) is -0.564. The Morgan fingerprint density at radius 3 is 2.43 bits per heavy atom. The molecule has 0 bridgehead atoms. The van der Waals surface area contributed by atoms with Crippen LogP contribution >= 0.6 is 11.6 Å². The largest absolute Gasteiger partial charge is 0.497 e. The molecule has 0 radical (unpaired) electrons. The highest BCUT2D eigenvalue weighted by Gasteiger charge is 2.30. The summed E-state index contributed by atoms with van der Waals surface area (Å²) >= 11 is 6.08. The Kier molecular flexibility index (Phi) is 6.79. The van der Waals surface area contributed by atoms with Crippen molar-refractivity contribution in [2.24, 2.45) is 0 Å². The van der Waals surface area contributed by atoms with Crippen molar-refractivity contribution in [3.8, 4) is 5.75 Å². The van der Waals surface area contributed by atoms with Gasteiger partial charge in [-0.3, -0.25) is 9.59 Å². The lowest BCUT2D eigenvalue weighted by molar-refractivity contribution is -0.118. The van der Waals surface area contributed by atoms with Crippen LogP contribution in [0.15, 0.2) is 54.2 Å². The third-order valence-corrected chi connectivity index (χ3v) is 6.70. The quantitative estimate of drug-likeness (QED) is 0.661. The standard InChI is InChI=1S/C21H21ClN2O5S/c1-29-16-8-6-14(7-9-16)12-19(21(26)23-15-10-11-30(27,28)13-15)24-20(25)17-4-2-3-5-18(17)22/h2-9,12,15H,10-11,13H2,1H3,(H,23,26)(H,24,25). The van der Waals surface area contributed by atoms with E-state index in [0.717, 1.165) is 0 Å². The number of nitrogens with one attached hydrogen (secondary N) is 2. The zero-order valence-electron chi connectivity index (χ0n) is 16.2. The van der Waals surface area contributed by atoms with E-state index >= 15 is 0 Å². The summed E-state index contributed by atoms with van der Waals surface area (Å²) in [6.45, 7) is 0. The van der Waals surface area contributed by atoms with E-state index in [1.807, 2.05) is 0 Å². The van der Waals surface area contributed by atoms with Crippen molar-refractivity contribution >= 4 is 39.3 Å². The molecular weight excluding hydrogens is 428 g/mol. The molecule has 0 aliphatic carbocycles. The van der Waals surface area contributed by atoms with E-state index in [9.17, 15) is 18.0 Å². The Balaban J connectivity index is 1.85. The number of ether oxygens (including phenoxy) is 1. The van der Waals surface area contributed by atoms with Crippen molar-refractivity contribution in [2.45, 2.75) is 12.5 Å². The van der Waals surface area contributed by atoms with E-state index in [0.29, 0.717) is 17.7 Å². The Labute approximate surface area is 180 Å². The van der Waals surface area contributed by atoms with Gasteiger partial charge in [-0.25, -0.2) is 8.42 Å². The third kappa shape index (κ3) is 5.61. The fourth-order valence-electron chi connectivity index (χ4n) is 3.03. The monoisotopic (exact) mass is 448 g/mol. The Morgan fingerprint density at radius 2 is 1.83 bits per heavy atom. The van der Waals surface area contributed by atoms with E-state index in [2.05, 4.69) is 10.6 Å². The van der Waals surface area contributed by atoms with Crippen LogP contribution in [0.25, 0.3) is 6.08 Å². The summed E-state index contributed by atoms with van der Waals surface area (Å²) < 4.78 is 28.5. The van der Waals surface area contributed by atoms with E-state index in [1.54, 1.807) is 55.6 Å². The second-order valence-corrected chi connectivity index (χ2v) is 9.47. The van der Waals surface area contributed by atoms with Crippen LogP contribution in [-0.4, -0.2) is 44.9 Å². The van der Waals surface area contributed by atoms with E-state index < -0.39 is 27.7 Å². The maximum atomic E-state index is 12.8. The van der Waals surface area contributed by atoms with Gasteiger partial charge < -0.3 is 15.4 Å². The normalized spacial score (nSPS) is 17.9. The van der Waals surface area contributed by atoms with Gasteiger partial charge in [-0.1, -0.05) is 35.9 Å². The highest BCUT2D eigenvalue weighted by molar-refractivity contribution is 7.91. The number of methoxy groups -OCH3 is 1. The smallest absolute Gasteiger partial charge is 0.268 e. The predicted molar refractivity (Wildman–Crippen MR) is 115 cm³/mol. The van der Waals surface area contributed by atoms with Crippen molar-refractivity contribution < 1.29 is 22.7 Å². The van der Waals surface area contributed by atoms with Gasteiger partial charge in [-0.05, 0) is 42.3 Å². The summed E-state index contributed by atoms with van der Waals surface area (Å²) in [7, 11) is -1.61. The second-order valence-electron chi connectivity index (χ2n) is 6.84. The van der Waals surface area contributed by atoms with E-state index in [4.69, 9.17) is 16.3 Å². The molecule has 1 saturated heterocycles. The van der Waals surface area contributed by atoms with Crippen LogP contribution in [-0.2, 0) is 14.6 Å². The zero-order chi connectivity index (χ0) is 21.7. The number of hydrogen-bond acceptors (Lipinski definition) is 5. The summed E-state index contributed by atoms with van der Waals surface area (Å²) in [4.78, 5) is 25.5. The second kappa shape index (κ2) is 9.32. The number of hydrogen-bond donors (Lipinski definition) is 2. The van der Waals surface area contributed by atoms with Crippen LogP contribution in [0.1, 0.15) is 22.3 Å². The molecule has 2 aromatic rings. The minimum Gasteiger partial charge on any atom is -0.497 e. The fourth-order valence-corrected chi connectivity index (χ4v) is 4.93. The van der Waals surface area contributed by atoms with Crippen LogP contribution in [0.4, 0.5) is 0 Å². The fraction of sp³-hybridized carbons (Fsp3) is 0.238. The average molecular weight is 449 g/mol. The number of rotatable bonds is 6. The first-order valence-electron chi connectivity index (χ1n) is 9.20. The summed E-state index contributed by atoms with van der Waals surface area (Å²) in [6, 6.07) is 12.9. The molecule has 2 N–H and O–H groups in total. The lowest BCUT2D eigenvalue weighted by Crippen LogP contribution is -2.41. The Hall–Kier alpha value is -2.84. The van der Waals surface area contributed by atoms with Gasteiger partial charge >= 0.3 is 0 Å². The molecule has 1 aliphatic heterocycles. The molecule has 158 valence electrons. The molecule has 2 amide bonds. The van der Waals surface area contributed by atoms with Crippen LogP contribution < -0.4 is 15.4 Å². The van der Waals surface area contributed by atoms with Gasteiger partial charge in [0.25, 0.3) is 11.8 Å². The maximum Gasteiger partial charge on any atom is 0.268 e.